The van der Waals surface area contributed by atoms with Gasteiger partial charge in [-0.15, -0.1) is 0 Å². The minimum absolute atomic E-state index is 0.114. The lowest BCUT2D eigenvalue weighted by molar-refractivity contribution is 0.718. The highest BCUT2D eigenvalue weighted by Crippen LogP contribution is 2.61. The quantitative estimate of drug-likeness (QED) is 0.173. The van der Waals surface area contributed by atoms with Crippen molar-refractivity contribution in [2.24, 2.45) is 0 Å². The molecule has 38 heavy (non-hydrogen) atoms. The Morgan fingerprint density at radius 1 is 0.605 bits per heavy atom. The summed E-state index contributed by atoms with van der Waals surface area (Å²) >= 11 is 0. The molecule has 1 aliphatic heterocycles. The lowest BCUT2D eigenvalue weighted by atomic mass is 9.57. The summed E-state index contributed by atoms with van der Waals surface area (Å²) < 4.78 is 0. The molecular weight excluding hydrogens is 462 g/mol. The number of rotatable bonds is 1. The Hall–Kier alpha value is -5.38. The molecule has 0 saturated carbocycles. The molecule has 0 amide bonds. The Bertz CT molecular complexity index is 1740. The van der Waals surface area contributed by atoms with Crippen LogP contribution in [0.5, 0.6) is 0 Å². The van der Waals surface area contributed by atoms with Gasteiger partial charge < -0.3 is 4.90 Å². The van der Waals surface area contributed by atoms with E-state index in [1.807, 2.05) is 18.2 Å². The fourth-order valence-electron chi connectivity index (χ4n) is 6.42. The largest absolute Gasteiger partial charge is 0.310 e. The molecule has 5 aromatic rings. The SMILES string of the molecule is [C-]#[N+]C(C#N)=C1c2ccccc2C2(c3ccccc31)c1ccccc1N(c1ccccc1)c1ccccc12. The second-order valence-corrected chi connectivity index (χ2v) is 9.49. The second kappa shape index (κ2) is 8.34. The number of hydrogen-bond donors (Lipinski definition) is 0. The summed E-state index contributed by atoms with van der Waals surface area (Å²) in [6, 6.07) is 46.4. The summed E-state index contributed by atoms with van der Waals surface area (Å²) in [5.41, 5.74) is 9.87. The first-order valence-corrected chi connectivity index (χ1v) is 12.6. The maximum absolute atomic E-state index is 9.98. The van der Waals surface area contributed by atoms with Crippen molar-refractivity contribution in [3.63, 3.8) is 0 Å². The maximum Gasteiger partial charge on any atom is 0.270 e. The Balaban J connectivity index is 1.70. The number of hydrogen-bond acceptors (Lipinski definition) is 2. The number of anilines is 3. The zero-order valence-corrected chi connectivity index (χ0v) is 20.5. The lowest BCUT2D eigenvalue weighted by Gasteiger charge is -2.49. The van der Waals surface area contributed by atoms with Crippen molar-refractivity contribution in [3.05, 3.63) is 178 Å². The fourth-order valence-corrected chi connectivity index (χ4v) is 6.42. The summed E-state index contributed by atoms with van der Waals surface area (Å²) in [6.07, 6.45) is 0. The summed E-state index contributed by atoms with van der Waals surface area (Å²) in [5, 5.41) is 9.98. The van der Waals surface area contributed by atoms with E-state index in [2.05, 4.69) is 125 Å². The predicted octanol–water partition coefficient (Wildman–Crippen LogP) is 8.37. The Labute approximate surface area is 222 Å². The monoisotopic (exact) mass is 483 g/mol. The van der Waals surface area contributed by atoms with E-state index in [0.717, 1.165) is 39.3 Å². The van der Waals surface area contributed by atoms with Gasteiger partial charge in [-0.25, -0.2) is 10.1 Å². The van der Waals surface area contributed by atoms with Gasteiger partial charge in [-0.1, -0.05) is 103 Å². The molecule has 3 nitrogen and oxygen atoms in total. The topological polar surface area (TPSA) is 31.4 Å². The second-order valence-electron chi connectivity index (χ2n) is 9.49. The number of allylic oxidation sites excluding steroid dienone is 1. The highest BCUT2D eigenvalue weighted by molar-refractivity contribution is 5.98. The van der Waals surface area contributed by atoms with Crippen molar-refractivity contribution in [2.75, 3.05) is 4.90 Å². The molecule has 2 aliphatic rings. The molecule has 1 spiro atoms. The van der Waals surface area contributed by atoms with E-state index in [-0.39, 0.29) is 5.70 Å². The predicted molar refractivity (Wildman–Crippen MR) is 151 cm³/mol. The number of para-hydroxylation sites is 3. The molecule has 7 rings (SSSR count). The molecule has 0 radical (unpaired) electrons. The van der Waals surface area contributed by atoms with Gasteiger partial charge in [0.25, 0.3) is 5.70 Å². The van der Waals surface area contributed by atoms with Crippen LogP contribution in [0.25, 0.3) is 10.4 Å². The van der Waals surface area contributed by atoms with Crippen LogP contribution in [0.15, 0.2) is 133 Å². The normalized spacial score (nSPS) is 13.8. The van der Waals surface area contributed by atoms with Crippen molar-refractivity contribution in [1.82, 2.24) is 0 Å². The van der Waals surface area contributed by atoms with Crippen molar-refractivity contribution < 1.29 is 0 Å². The summed E-state index contributed by atoms with van der Waals surface area (Å²) in [7, 11) is 0. The van der Waals surface area contributed by atoms with E-state index in [1.165, 1.54) is 11.1 Å². The molecule has 0 bridgehead atoms. The van der Waals surface area contributed by atoms with Crippen LogP contribution in [-0.2, 0) is 5.41 Å². The van der Waals surface area contributed by atoms with Crippen LogP contribution in [0.1, 0.15) is 33.4 Å². The van der Waals surface area contributed by atoms with Crippen LogP contribution in [-0.4, -0.2) is 0 Å². The molecule has 1 aliphatic carbocycles. The van der Waals surface area contributed by atoms with Gasteiger partial charge in [0, 0.05) is 11.3 Å². The third-order valence-electron chi connectivity index (χ3n) is 7.77. The van der Waals surface area contributed by atoms with E-state index < -0.39 is 5.41 Å². The van der Waals surface area contributed by atoms with Gasteiger partial charge in [-0.2, -0.15) is 0 Å². The zero-order valence-electron chi connectivity index (χ0n) is 20.5. The summed E-state index contributed by atoms with van der Waals surface area (Å²) in [4.78, 5) is 6.00. The number of nitrogens with zero attached hydrogens (tertiary/aromatic N) is 3. The van der Waals surface area contributed by atoms with Crippen molar-refractivity contribution in [1.29, 1.82) is 5.26 Å². The molecule has 3 heteroatoms. The third-order valence-corrected chi connectivity index (χ3v) is 7.77. The van der Waals surface area contributed by atoms with Crippen LogP contribution in [0.4, 0.5) is 17.1 Å². The molecule has 0 unspecified atom stereocenters. The number of benzene rings is 5. The van der Waals surface area contributed by atoms with Gasteiger partial charge in [0.15, 0.2) is 0 Å². The van der Waals surface area contributed by atoms with Gasteiger partial charge in [0.05, 0.1) is 29.4 Å². The first-order chi connectivity index (χ1) is 18.8. The molecule has 1 heterocycles. The molecule has 0 fully saturated rings. The van der Waals surface area contributed by atoms with Gasteiger partial charge in [-0.05, 0) is 57.6 Å². The molecule has 0 aromatic heterocycles. The van der Waals surface area contributed by atoms with Gasteiger partial charge in [0.2, 0.25) is 0 Å². The van der Waals surface area contributed by atoms with E-state index in [0.29, 0.717) is 5.57 Å². The highest BCUT2D eigenvalue weighted by atomic mass is 15.2. The standard InChI is InChI=1S/C35H21N3/c1-37-31(23-36)34-25-15-5-7-17-27(25)35(28-18-8-6-16-26(28)34)29-19-9-11-21-32(29)38(24-13-3-2-4-14-24)33-22-12-10-20-30(33)35/h2-22H. The minimum Gasteiger partial charge on any atom is -0.310 e. The third kappa shape index (κ3) is 2.76. The van der Waals surface area contributed by atoms with Gasteiger partial charge in [-0.3, -0.25) is 0 Å². The average Bonchev–Trinajstić information content (AvgIpc) is 2.99. The number of nitriles is 1. The highest BCUT2D eigenvalue weighted by Gasteiger charge is 2.50. The van der Waals surface area contributed by atoms with E-state index in [9.17, 15) is 5.26 Å². The van der Waals surface area contributed by atoms with Crippen molar-refractivity contribution >= 4 is 22.6 Å². The van der Waals surface area contributed by atoms with Crippen molar-refractivity contribution in [2.45, 2.75) is 5.41 Å². The Morgan fingerprint density at radius 2 is 1.05 bits per heavy atom. The first kappa shape index (κ1) is 21.9. The Morgan fingerprint density at radius 3 is 1.55 bits per heavy atom. The van der Waals surface area contributed by atoms with Crippen LogP contribution in [0, 0.1) is 17.9 Å². The van der Waals surface area contributed by atoms with Gasteiger partial charge >= 0.3 is 0 Å². The van der Waals surface area contributed by atoms with Crippen LogP contribution in [0.2, 0.25) is 0 Å². The van der Waals surface area contributed by atoms with Crippen molar-refractivity contribution in [3.8, 4) is 6.07 Å². The smallest absolute Gasteiger partial charge is 0.270 e. The first-order valence-electron chi connectivity index (χ1n) is 12.6. The van der Waals surface area contributed by atoms with Crippen LogP contribution >= 0.6 is 0 Å². The Kier molecular flexibility index (Phi) is 4.80. The zero-order chi connectivity index (χ0) is 25.7. The van der Waals surface area contributed by atoms with Gasteiger partial charge in [0.1, 0.15) is 0 Å². The van der Waals surface area contributed by atoms with E-state index in [4.69, 9.17) is 6.57 Å². The molecule has 5 aromatic carbocycles. The summed E-state index contributed by atoms with van der Waals surface area (Å²) in [5.74, 6) is 0. The maximum atomic E-state index is 9.98. The molecular formula is C35H21N3. The molecule has 0 saturated heterocycles. The fraction of sp³-hybridized carbons (Fsp3) is 0.0286. The van der Waals surface area contributed by atoms with Crippen LogP contribution < -0.4 is 4.90 Å². The molecule has 0 atom stereocenters. The molecule has 0 N–H and O–H groups in total. The average molecular weight is 484 g/mol. The lowest BCUT2D eigenvalue weighted by Crippen LogP contribution is -2.40. The minimum atomic E-state index is -0.627. The molecule has 176 valence electrons. The van der Waals surface area contributed by atoms with E-state index >= 15 is 0 Å². The number of fused-ring (bicyclic) bond motifs is 8. The summed E-state index contributed by atoms with van der Waals surface area (Å²) in [6.45, 7) is 7.81. The van der Waals surface area contributed by atoms with E-state index in [1.54, 1.807) is 0 Å². The van der Waals surface area contributed by atoms with Crippen LogP contribution in [0.3, 0.4) is 0 Å².